The molecule has 0 bridgehead atoms. The molecular formula is C18H22N2O3. The first-order valence-electron chi connectivity index (χ1n) is 7.47. The van der Waals surface area contributed by atoms with E-state index in [0.717, 1.165) is 22.7 Å². The standard InChI is InChI=1S/C18H22N2O3/c1-20(10-11-21)16-8-6-15(7-9-16)19-18(22)13-14-4-3-5-17(12-14)23-2/h3-9,12,21H,10-11,13H2,1-2H3,(H,19,22). The van der Waals surface area contributed by atoms with E-state index in [0.29, 0.717) is 13.0 Å². The van der Waals surface area contributed by atoms with Gasteiger partial charge in [0.25, 0.3) is 0 Å². The molecule has 122 valence electrons. The number of nitrogens with one attached hydrogen (secondary N) is 1. The van der Waals surface area contributed by atoms with Crippen LogP contribution >= 0.6 is 0 Å². The third-order valence-corrected chi connectivity index (χ3v) is 3.53. The van der Waals surface area contributed by atoms with Crippen molar-refractivity contribution in [2.45, 2.75) is 6.42 Å². The van der Waals surface area contributed by atoms with Gasteiger partial charge in [-0.15, -0.1) is 0 Å². The number of benzene rings is 2. The highest BCUT2D eigenvalue weighted by Crippen LogP contribution is 2.17. The number of aliphatic hydroxyl groups excluding tert-OH is 1. The molecule has 0 fully saturated rings. The summed E-state index contributed by atoms with van der Waals surface area (Å²) in [7, 11) is 3.52. The number of hydrogen-bond donors (Lipinski definition) is 2. The summed E-state index contributed by atoms with van der Waals surface area (Å²) in [5, 5.41) is 11.8. The van der Waals surface area contributed by atoms with Crippen LogP contribution in [0.25, 0.3) is 0 Å². The van der Waals surface area contributed by atoms with Crippen molar-refractivity contribution in [1.82, 2.24) is 0 Å². The van der Waals surface area contributed by atoms with E-state index < -0.39 is 0 Å². The molecule has 0 heterocycles. The summed E-state index contributed by atoms with van der Waals surface area (Å²) in [4.78, 5) is 14.1. The largest absolute Gasteiger partial charge is 0.497 e. The fourth-order valence-corrected chi connectivity index (χ4v) is 2.25. The van der Waals surface area contributed by atoms with E-state index in [9.17, 15) is 4.79 Å². The first-order valence-corrected chi connectivity index (χ1v) is 7.47. The van der Waals surface area contributed by atoms with Crippen molar-refractivity contribution in [2.24, 2.45) is 0 Å². The average Bonchev–Trinajstić information content (AvgIpc) is 2.55. The second-order valence-corrected chi connectivity index (χ2v) is 5.27. The SMILES string of the molecule is COc1cccc(CC(=O)Nc2ccc(N(C)CCO)cc2)c1. The molecule has 2 N–H and O–H groups in total. The molecule has 0 aliphatic rings. The average molecular weight is 314 g/mol. The van der Waals surface area contributed by atoms with Gasteiger partial charge in [-0.25, -0.2) is 0 Å². The van der Waals surface area contributed by atoms with Crippen molar-refractivity contribution in [2.75, 3.05) is 37.5 Å². The number of nitrogens with zero attached hydrogens (tertiary/aromatic N) is 1. The molecule has 0 aliphatic heterocycles. The molecule has 5 nitrogen and oxygen atoms in total. The van der Waals surface area contributed by atoms with Crippen molar-refractivity contribution in [1.29, 1.82) is 0 Å². The highest BCUT2D eigenvalue weighted by molar-refractivity contribution is 5.92. The molecule has 0 aromatic heterocycles. The Balaban J connectivity index is 1.94. The predicted molar refractivity (Wildman–Crippen MR) is 92.1 cm³/mol. The summed E-state index contributed by atoms with van der Waals surface area (Å²) in [5.41, 5.74) is 2.64. The van der Waals surface area contributed by atoms with Gasteiger partial charge in [0.2, 0.25) is 5.91 Å². The Morgan fingerprint density at radius 3 is 2.61 bits per heavy atom. The van der Waals surface area contributed by atoms with Crippen LogP contribution in [-0.4, -0.2) is 38.3 Å². The maximum absolute atomic E-state index is 12.1. The second kappa shape index (κ2) is 8.19. The van der Waals surface area contributed by atoms with Gasteiger partial charge in [-0.1, -0.05) is 12.1 Å². The van der Waals surface area contributed by atoms with Gasteiger partial charge >= 0.3 is 0 Å². The van der Waals surface area contributed by atoms with Crippen LogP contribution in [-0.2, 0) is 11.2 Å². The number of ether oxygens (including phenoxy) is 1. The van der Waals surface area contributed by atoms with Crippen LogP contribution in [0, 0.1) is 0 Å². The number of anilines is 2. The van der Waals surface area contributed by atoms with Crippen molar-refractivity contribution >= 4 is 17.3 Å². The Bertz CT molecular complexity index is 641. The summed E-state index contributed by atoms with van der Waals surface area (Å²) < 4.78 is 5.16. The van der Waals surface area contributed by atoms with Crippen molar-refractivity contribution in [3.05, 3.63) is 54.1 Å². The fraction of sp³-hybridized carbons (Fsp3) is 0.278. The van der Waals surface area contributed by atoms with Gasteiger partial charge < -0.3 is 20.1 Å². The zero-order valence-corrected chi connectivity index (χ0v) is 13.5. The van der Waals surface area contributed by atoms with Crippen LogP contribution in [0.15, 0.2) is 48.5 Å². The normalized spacial score (nSPS) is 10.2. The minimum atomic E-state index is -0.0743. The summed E-state index contributed by atoms with van der Waals surface area (Å²) in [6.07, 6.45) is 0.295. The fourth-order valence-electron chi connectivity index (χ4n) is 2.25. The van der Waals surface area contributed by atoms with Crippen LogP contribution < -0.4 is 15.0 Å². The van der Waals surface area contributed by atoms with E-state index >= 15 is 0 Å². The van der Waals surface area contributed by atoms with E-state index in [2.05, 4.69) is 5.32 Å². The number of hydrogen-bond acceptors (Lipinski definition) is 4. The van der Waals surface area contributed by atoms with Gasteiger partial charge in [-0.2, -0.15) is 0 Å². The van der Waals surface area contributed by atoms with Crippen LogP contribution in [0.5, 0.6) is 5.75 Å². The Hall–Kier alpha value is -2.53. The lowest BCUT2D eigenvalue weighted by atomic mass is 10.1. The molecule has 0 unspecified atom stereocenters. The van der Waals surface area contributed by atoms with Gasteiger partial charge in [0.15, 0.2) is 0 Å². The number of amides is 1. The minimum absolute atomic E-state index is 0.0743. The number of rotatable bonds is 7. The summed E-state index contributed by atoms with van der Waals surface area (Å²) in [5.74, 6) is 0.668. The number of carbonyl (C=O) groups excluding carboxylic acids is 1. The number of methoxy groups -OCH3 is 1. The topological polar surface area (TPSA) is 61.8 Å². The highest BCUT2D eigenvalue weighted by atomic mass is 16.5. The van der Waals surface area contributed by atoms with E-state index in [1.165, 1.54) is 0 Å². The van der Waals surface area contributed by atoms with Gasteiger partial charge in [0.1, 0.15) is 5.75 Å². The maximum Gasteiger partial charge on any atom is 0.228 e. The summed E-state index contributed by atoms with van der Waals surface area (Å²) >= 11 is 0. The Morgan fingerprint density at radius 2 is 1.96 bits per heavy atom. The van der Waals surface area contributed by atoms with Crippen LogP contribution in [0.3, 0.4) is 0 Å². The first kappa shape index (κ1) is 16.8. The molecule has 2 aromatic rings. The zero-order chi connectivity index (χ0) is 16.7. The molecule has 0 atom stereocenters. The highest BCUT2D eigenvalue weighted by Gasteiger charge is 2.06. The molecular weight excluding hydrogens is 292 g/mol. The molecule has 0 spiro atoms. The summed E-state index contributed by atoms with van der Waals surface area (Å²) in [6.45, 7) is 0.678. The Labute approximate surface area is 136 Å². The lowest BCUT2D eigenvalue weighted by molar-refractivity contribution is -0.115. The molecule has 1 amide bonds. The predicted octanol–water partition coefficient (Wildman–Crippen LogP) is 2.30. The molecule has 0 saturated carbocycles. The molecule has 0 radical (unpaired) electrons. The third kappa shape index (κ3) is 5.00. The Kier molecular flexibility index (Phi) is 6.00. The summed E-state index contributed by atoms with van der Waals surface area (Å²) in [6, 6.07) is 15.0. The van der Waals surface area contributed by atoms with Crippen molar-refractivity contribution in [3.8, 4) is 5.75 Å². The van der Waals surface area contributed by atoms with Gasteiger partial charge in [-0.3, -0.25) is 4.79 Å². The van der Waals surface area contributed by atoms with Crippen molar-refractivity contribution in [3.63, 3.8) is 0 Å². The second-order valence-electron chi connectivity index (χ2n) is 5.27. The molecule has 23 heavy (non-hydrogen) atoms. The number of carbonyl (C=O) groups is 1. The number of likely N-dealkylation sites (N-methyl/N-ethyl adjacent to an activating group) is 1. The molecule has 0 aliphatic carbocycles. The van der Waals surface area contributed by atoms with Crippen molar-refractivity contribution < 1.29 is 14.6 Å². The quantitative estimate of drug-likeness (QED) is 0.823. The number of aliphatic hydroxyl groups is 1. The first-order chi connectivity index (χ1) is 11.1. The van der Waals surface area contributed by atoms with Gasteiger partial charge in [0.05, 0.1) is 20.1 Å². The molecule has 2 rings (SSSR count). The molecule has 5 heteroatoms. The maximum atomic E-state index is 12.1. The third-order valence-electron chi connectivity index (χ3n) is 3.53. The Morgan fingerprint density at radius 1 is 1.22 bits per heavy atom. The van der Waals surface area contributed by atoms with Crippen LogP contribution in [0.2, 0.25) is 0 Å². The lowest BCUT2D eigenvalue weighted by Gasteiger charge is -2.18. The van der Waals surface area contributed by atoms with E-state index in [1.807, 2.05) is 60.5 Å². The minimum Gasteiger partial charge on any atom is -0.497 e. The van der Waals surface area contributed by atoms with Gasteiger partial charge in [0, 0.05) is 25.0 Å². The van der Waals surface area contributed by atoms with Crippen LogP contribution in [0.1, 0.15) is 5.56 Å². The molecule has 2 aromatic carbocycles. The lowest BCUT2D eigenvalue weighted by Crippen LogP contribution is -2.21. The monoisotopic (exact) mass is 314 g/mol. The smallest absolute Gasteiger partial charge is 0.228 e. The zero-order valence-electron chi connectivity index (χ0n) is 13.5. The molecule has 0 saturated heterocycles. The van der Waals surface area contributed by atoms with E-state index in [-0.39, 0.29) is 12.5 Å². The van der Waals surface area contributed by atoms with E-state index in [1.54, 1.807) is 7.11 Å². The van der Waals surface area contributed by atoms with Gasteiger partial charge in [-0.05, 0) is 42.0 Å². The van der Waals surface area contributed by atoms with E-state index in [4.69, 9.17) is 9.84 Å². The van der Waals surface area contributed by atoms with Crippen LogP contribution in [0.4, 0.5) is 11.4 Å².